The van der Waals surface area contributed by atoms with E-state index in [0.717, 1.165) is 17.0 Å². The molecular weight excluding hydrogens is 386 g/mol. The highest BCUT2D eigenvalue weighted by atomic mass is 35.5. The van der Waals surface area contributed by atoms with Crippen LogP contribution in [0.25, 0.3) is 5.69 Å². The molecule has 1 atom stereocenters. The lowest BCUT2D eigenvalue weighted by atomic mass is 10.2. The molecule has 0 saturated carbocycles. The predicted octanol–water partition coefficient (Wildman–Crippen LogP) is 3.12. The van der Waals surface area contributed by atoms with E-state index in [1.54, 1.807) is 24.8 Å². The summed E-state index contributed by atoms with van der Waals surface area (Å²) in [7, 11) is 1.61. The van der Waals surface area contributed by atoms with Gasteiger partial charge in [0.2, 0.25) is 11.1 Å². The zero-order valence-corrected chi connectivity index (χ0v) is 16.4. The molecule has 0 bridgehead atoms. The number of benzene rings is 2. The molecule has 140 valence electrons. The molecule has 1 aromatic heterocycles. The summed E-state index contributed by atoms with van der Waals surface area (Å²) in [5, 5.41) is 15.4. The van der Waals surface area contributed by atoms with Crippen molar-refractivity contribution in [3.63, 3.8) is 0 Å². The summed E-state index contributed by atoms with van der Waals surface area (Å²) in [6, 6.07) is 14.8. The third-order valence-corrected chi connectivity index (χ3v) is 5.22. The molecule has 0 spiro atoms. The van der Waals surface area contributed by atoms with E-state index in [9.17, 15) is 4.79 Å². The molecule has 0 aliphatic carbocycles. The molecule has 7 nitrogen and oxygen atoms in total. The van der Waals surface area contributed by atoms with Crippen molar-refractivity contribution in [2.24, 2.45) is 0 Å². The van der Waals surface area contributed by atoms with Gasteiger partial charge in [-0.2, -0.15) is 4.68 Å². The summed E-state index contributed by atoms with van der Waals surface area (Å²) in [6.07, 6.45) is 0. The molecule has 1 heterocycles. The van der Waals surface area contributed by atoms with Gasteiger partial charge >= 0.3 is 0 Å². The number of halogens is 1. The van der Waals surface area contributed by atoms with Gasteiger partial charge in [0.05, 0.1) is 18.0 Å². The van der Waals surface area contributed by atoms with Crippen LogP contribution in [0.4, 0.5) is 0 Å². The van der Waals surface area contributed by atoms with Crippen molar-refractivity contribution in [2.45, 2.75) is 23.9 Å². The van der Waals surface area contributed by atoms with Crippen LogP contribution in [0.2, 0.25) is 5.02 Å². The minimum atomic E-state index is -0.379. The summed E-state index contributed by atoms with van der Waals surface area (Å²) in [5.41, 5.74) is 1.65. The first-order chi connectivity index (χ1) is 13.1. The van der Waals surface area contributed by atoms with Crippen LogP contribution in [0.5, 0.6) is 5.75 Å². The van der Waals surface area contributed by atoms with Crippen molar-refractivity contribution in [1.29, 1.82) is 0 Å². The molecule has 0 saturated heterocycles. The average molecular weight is 404 g/mol. The van der Waals surface area contributed by atoms with Gasteiger partial charge in [0.1, 0.15) is 5.75 Å². The maximum Gasteiger partial charge on any atom is 0.233 e. The quantitative estimate of drug-likeness (QED) is 0.610. The predicted molar refractivity (Wildman–Crippen MR) is 104 cm³/mol. The number of tetrazole rings is 1. The van der Waals surface area contributed by atoms with Gasteiger partial charge in [-0.15, -0.1) is 5.10 Å². The van der Waals surface area contributed by atoms with E-state index in [4.69, 9.17) is 16.3 Å². The molecule has 0 radical (unpaired) electrons. The number of nitrogens with one attached hydrogen (secondary N) is 1. The van der Waals surface area contributed by atoms with Crippen molar-refractivity contribution in [2.75, 3.05) is 7.11 Å². The Bertz CT molecular complexity index is 916. The fourth-order valence-electron chi connectivity index (χ4n) is 2.32. The zero-order chi connectivity index (χ0) is 19.2. The van der Waals surface area contributed by atoms with Gasteiger partial charge in [0.15, 0.2) is 0 Å². The number of rotatable bonds is 7. The minimum Gasteiger partial charge on any atom is -0.497 e. The monoisotopic (exact) mass is 403 g/mol. The van der Waals surface area contributed by atoms with Crippen molar-refractivity contribution in [3.8, 4) is 11.4 Å². The number of hydrogen-bond donors (Lipinski definition) is 1. The van der Waals surface area contributed by atoms with E-state index in [-0.39, 0.29) is 11.2 Å². The lowest BCUT2D eigenvalue weighted by Crippen LogP contribution is -2.30. The number of carbonyl (C=O) groups is 1. The van der Waals surface area contributed by atoms with Gasteiger partial charge in [-0.05, 0) is 53.2 Å². The standard InChI is InChI=1S/C18H18ClN5O2S/c1-12(17(25)20-11-13-5-3-4-6-16(13)19)27-18-21-22-23-24(18)14-7-9-15(26-2)10-8-14/h3-10,12H,11H2,1-2H3,(H,20,25)/t12-/m0/s1. The van der Waals surface area contributed by atoms with E-state index in [1.165, 1.54) is 11.8 Å². The number of carbonyl (C=O) groups excluding carboxylic acids is 1. The number of aromatic nitrogens is 4. The molecule has 3 aromatic rings. The zero-order valence-electron chi connectivity index (χ0n) is 14.8. The van der Waals surface area contributed by atoms with Crippen molar-refractivity contribution in [1.82, 2.24) is 25.5 Å². The van der Waals surface area contributed by atoms with Crippen molar-refractivity contribution >= 4 is 29.3 Å². The Morgan fingerprint density at radius 3 is 2.70 bits per heavy atom. The number of thioether (sulfide) groups is 1. The normalized spacial score (nSPS) is 11.8. The first-order valence-corrected chi connectivity index (χ1v) is 9.45. The highest BCUT2D eigenvalue weighted by molar-refractivity contribution is 8.00. The number of methoxy groups -OCH3 is 1. The van der Waals surface area contributed by atoms with Gasteiger partial charge in [-0.25, -0.2) is 0 Å². The second-order valence-electron chi connectivity index (χ2n) is 5.64. The highest BCUT2D eigenvalue weighted by Gasteiger charge is 2.19. The molecule has 2 aromatic carbocycles. The fraction of sp³-hybridized carbons (Fsp3) is 0.222. The van der Waals surface area contributed by atoms with Crippen LogP contribution in [0.1, 0.15) is 12.5 Å². The third-order valence-electron chi connectivity index (χ3n) is 3.82. The first-order valence-electron chi connectivity index (χ1n) is 8.19. The lowest BCUT2D eigenvalue weighted by molar-refractivity contribution is -0.120. The van der Waals surface area contributed by atoms with E-state index in [1.807, 2.05) is 42.5 Å². The average Bonchev–Trinajstić information content (AvgIpc) is 3.15. The van der Waals surface area contributed by atoms with Gasteiger partial charge in [-0.3, -0.25) is 4.79 Å². The van der Waals surface area contributed by atoms with Crippen LogP contribution in [-0.2, 0) is 11.3 Å². The Hall–Kier alpha value is -2.58. The van der Waals surface area contributed by atoms with Gasteiger partial charge in [0, 0.05) is 11.6 Å². The molecule has 1 N–H and O–H groups in total. The van der Waals surface area contributed by atoms with Crippen LogP contribution in [0.15, 0.2) is 53.7 Å². The summed E-state index contributed by atoms with van der Waals surface area (Å²) in [4.78, 5) is 12.4. The van der Waals surface area contributed by atoms with Crippen LogP contribution < -0.4 is 10.1 Å². The Morgan fingerprint density at radius 2 is 2.00 bits per heavy atom. The molecule has 3 rings (SSSR count). The number of hydrogen-bond acceptors (Lipinski definition) is 6. The van der Waals surface area contributed by atoms with Crippen LogP contribution in [0.3, 0.4) is 0 Å². The largest absolute Gasteiger partial charge is 0.497 e. The molecule has 0 fully saturated rings. The smallest absolute Gasteiger partial charge is 0.233 e. The lowest BCUT2D eigenvalue weighted by Gasteiger charge is -2.12. The van der Waals surface area contributed by atoms with Gasteiger partial charge < -0.3 is 10.1 Å². The van der Waals surface area contributed by atoms with Gasteiger partial charge in [0.25, 0.3) is 0 Å². The maximum atomic E-state index is 12.4. The Labute approximate surface area is 166 Å². The Kier molecular flexibility index (Phi) is 6.31. The van der Waals surface area contributed by atoms with Crippen LogP contribution in [0, 0.1) is 0 Å². The molecule has 0 aliphatic rings. The molecule has 1 amide bonds. The fourth-order valence-corrected chi connectivity index (χ4v) is 3.35. The van der Waals surface area contributed by atoms with E-state index in [2.05, 4.69) is 20.8 Å². The molecule has 9 heteroatoms. The first kappa shape index (κ1) is 19.2. The van der Waals surface area contributed by atoms with Crippen LogP contribution in [-0.4, -0.2) is 38.5 Å². The summed E-state index contributed by atoms with van der Waals surface area (Å²) in [5.74, 6) is 0.623. The Morgan fingerprint density at radius 1 is 1.26 bits per heavy atom. The van der Waals surface area contributed by atoms with Crippen LogP contribution >= 0.6 is 23.4 Å². The third kappa shape index (κ3) is 4.78. The summed E-state index contributed by atoms with van der Waals surface area (Å²) in [6.45, 7) is 2.17. The number of ether oxygens (including phenoxy) is 1. The molecular formula is C18H18ClN5O2S. The summed E-state index contributed by atoms with van der Waals surface area (Å²) < 4.78 is 6.74. The summed E-state index contributed by atoms with van der Waals surface area (Å²) >= 11 is 7.40. The van der Waals surface area contributed by atoms with E-state index < -0.39 is 0 Å². The molecule has 27 heavy (non-hydrogen) atoms. The minimum absolute atomic E-state index is 0.121. The van der Waals surface area contributed by atoms with Gasteiger partial charge in [-0.1, -0.05) is 41.6 Å². The van der Waals surface area contributed by atoms with Crippen molar-refractivity contribution < 1.29 is 9.53 Å². The SMILES string of the molecule is COc1ccc(-n2nnnc2S[C@@H](C)C(=O)NCc2ccccc2Cl)cc1. The van der Waals surface area contributed by atoms with E-state index >= 15 is 0 Å². The number of nitrogens with zero attached hydrogens (tertiary/aromatic N) is 4. The molecule has 0 unspecified atom stereocenters. The second-order valence-corrected chi connectivity index (χ2v) is 7.36. The topological polar surface area (TPSA) is 81.9 Å². The van der Waals surface area contributed by atoms with E-state index in [0.29, 0.717) is 16.7 Å². The maximum absolute atomic E-state index is 12.4. The molecule has 0 aliphatic heterocycles. The Balaban J connectivity index is 1.64. The highest BCUT2D eigenvalue weighted by Crippen LogP contribution is 2.24. The van der Waals surface area contributed by atoms with Crippen molar-refractivity contribution in [3.05, 3.63) is 59.1 Å². The second kappa shape index (κ2) is 8.88. The number of amides is 1.